The molecule has 1 N–H and O–H groups in total. The zero-order valence-electron chi connectivity index (χ0n) is 14.2. The molecule has 0 fully saturated rings. The molecule has 1 aromatic carbocycles. The quantitative estimate of drug-likeness (QED) is 0.628. The summed E-state index contributed by atoms with van der Waals surface area (Å²) in [6, 6.07) is 8.36. The summed E-state index contributed by atoms with van der Waals surface area (Å²) >= 11 is 2.87. The number of aryl methyl sites for hydroxylation is 2. The van der Waals surface area contributed by atoms with Gasteiger partial charge in [-0.25, -0.2) is 9.97 Å². The van der Waals surface area contributed by atoms with Gasteiger partial charge in [0.15, 0.2) is 10.3 Å². The van der Waals surface area contributed by atoms with E-state index in [1.165, 1.54) is 28.7 Å². The number of hydrogen-bond donors (Lipinski definition) is 1. The van der Waals surface area contributed by atoms with Crippen molar-refractivity contribution in [1.29, 1.82) is 0 Å². The van der Waals surface area contributed by atoms with Crippen LogP contribution in [-0.2, 0) is 17.8 Å². The normalized spacial score (nSPS) is 10.8. The minimum atomic E-state index is -0.0714. The molecular formula is C18H20N4OS2. The summed E-state index contributed by atoms with van der Waals surface area (Å²) in [5.74, 6) is 0.245. The first-order valence-electron chi connectivity index (χ1n) is 8.18. The fraction of sp³-hybridized carbons (Fsp3) is 0.278. The first-order chi connectivity index (χ1) is 12.2. The minimum absolute atomic E-state index is 0.0714. The van der Waals surface area contributed by atoms with Crippen LogP contribution in [0.1, 0.15) is 19.4 Å². The van der Waals surface area contributed by atoms with Gasteiger partial charge in [-0.2, -0.15) is 0 Å². The number of aromatic nitrogens is 3. The van der Waals surface area contributed by atoms with Gasteiger partial charge in [0.25, 0.3) is 0 Å². The number of nitrogens with zero attached hydrogens (tertiary/aromatic N) is 3. The highest BCUT2D eigenvalue weighted by Gasteiger charge is 2.10. The Balaban J connectivity index is 1.58. The number of carbonyl (C=O) groups is 1. The average Bonchev–Trinajstić information content (AvgIpc) is 3.29. The SMILES string of the molecule is CCc1ccc(-c2csc(NC(=O)CSc3nccn3CC)n2)cc1. The van der Waals surface area contributed by atoms with E-state index < -0.39 is 0 Å². The van der Waals surface area contributed by atoms with E-state index >= 15 is 0 Å². The fourth-order valence-corrected chi connectivity index (χ4v) is 3.90. The van der Waals surface area contributed by atoms with Crippen molar-refractivity contribution in [3.05, 3.63) is 47.6 Å². The van der Waals surface area contributed by atoms with Gasteiger partial charge < -0.3 is 9.88 Å². The lowest BCUT2D eigenvalue weighted by atomic mass is 10.1. The maximum atomic E-state index is 12.1. The lowest BCUT2D eigenvalue weighted by Crippen LogP contribution is -2.14. The predicted octanol–water partition coefficient (Wildman–Crippen LogP) is 4.32. The highest BCUT2D eigenvalue weighted by molar-refractivity contribution is 7.99. The molecule has 3 aromatic rings. The molecule has 0 aliphatic rings. The highest BCUT2D eigenvalue weighted by Crippen LogP contribution is 2.25. The molecule has 0 spiro atoms. The smallest absolute Gasteiger partial charge is 0.236 e. The van der Waals surface area contributed by atoms with Crippen LogP contribution in [0.3, 0.4) is 0 Å². The number of thioether (sulfide) groups is 1. The first-order valence-corrected chi connectivity index (χ1v) is 10.0. The van der Waals surface area contributed by atoms with Gasteiger partial charge in [-0.15, -0.1) is 11.3 Å². The Morgan fingerprint density at radius 3 is 2.80 bits per heavy atom. The van der Waals surface area contributed by atoms with E-state index in [4.69, 9.17) is 0 Å². The third kappa shape index (κ3) is 4.49. The number of rotatable bonds is 7. The zero-order chi connectivity index (χ0) is 17.6. The van der Waals surface area contributed by atoms with Crippen LogP contribution in [0.15, 0.2) is 47.2 Å². The van der Waals surface area contributed by atoms with E-state index in [0.717, 1.165) is 29.4 Å². The maximum Gasteiger partial charge on any atom is 0.236 e. The molecule has 5 nitrogen and oxygen atoms in total. The van der Waals surface area contributed by atoms with E-state index in [9.17, 15) is 4.79 Å². The van der Waals surface area contributed by atoms with Crippen molar-refractivity contribution in [2.75, 3.05) is 11.1 Å². The average molecular weight is 373 g/mol. The number of amides is 1. The molecule has 1 amide bonds. The Kier molecular flexibility index (Phi) is 5.88. The van der Waals surface area contributed by atoms with Gasteiger partial charge in [0.2, 0.25) is 5.91 Å². The molecule has 0 saturated carbocycles. The molecule has 0 aliphatic heterocycles. The summed E-state index contributed by atoms with van der Waals surface area (Å²) in [5, 5.41) is 6.31. The Bertz CT molecular complexity index is 839. The Morgan fingerprint density at radius 1 is 1.28 bits per heavy atom. The molecule has 2 heterocycles. The summed E-state index contributed by atoms with van der Waals surface area (Å²) in [4.78, 5) is 20.9. The number of thiazole rings is 1. The molecule has 0 aliphatic carbocycles. The van der Waals surface area contributed by atoms with Crippen LogP contribution >= 0.6 is 23.1 Å². The Labute approximate surface area is 155 Å². The second kappa shape index (κ2) is 8.31. The van der Waals surface area contributed by atoms with Crippen LogP contribution < -0.4 is 5.32 Å². The van der Waals surface area contributed by atoms with Crippen LogP contribution in [0, 0.1) is 0 Å². The molecule has 0 saturated heterocycles. The first kappa shape index (κ1) is 17.7. The summed E-state index contributed by atoms with van der Waals surface area (Å²) in [5.41, 5.74) is 3.25. The minimum Gasteiger partial charge on any atom is -0.326 e. The molecule has 130 valence electrons. The van der Waals surface area contributed by atoms with Crippen molar-refractivity contribution in [1.82, 2.24) is 14.5 Å². The number of anilines is 1. The van der Waals surface area contributed by atoms with E-state index in [0.29, 0.717) is 10.9 Å². The highest BCUT2D eigenvalue weighted by atomic mass is 32.2. The largest absolute Gasteiger partial charge is 0.326 e. The van der Waals surface area contributed by atoms with Crippen molar-refractivity contribution in [3.8, 4) is 11.3 Å². The number of benzene rings is 1. The standard InChI is InChI=1S/C18H20N4OS2/c1-3-13-5-7-14(8-6-13)15-11-24-17(20-15)21-16(23)12-25-18-19-9-10-22(18)4-2/h5-11H,3-4,12H2,1-2H3,(H,20,21,23). The molecule has 2 aromatic heterocycles. The van der Waals surface area contributed by atoms with Crippen molar-refractivity contribution < 1.29 is 4.79 Å². The number of hydrogen-bond acceptors (Lipinski definition) is 5. The fourth-order valence-electron chi connectivity index (χ4n) is 2.34. The summed E-state index contributed by atoms with van der Waals surface area (Å²) in [7, 11) is 0. The van der Waals surface area contributed by atoms with Crippen molar-refractivity contribution in [3.63, 3.8) is 0 Å². The van der Waals surface area contributed by atoms with Crippen LogP contribution in [0.4, 0.5) is 5.13 Å². The van der Waals surface area contributed by atoms with E-state index in [1.807, 2.05) is 16.1 Å². The summed E-state index contributed by atoms with van der Waals surface area (Å²) in [6.45, 7) is 5.03. The molecule has 0 atom stereocenters. The van der Waals surface area contributed by atoms with Gasteiger partial charge in [0.1, 0.15) is 0 Å². The third-order valence-corrected chi connectivity index (χ3v) is 5.52. The van der Waals surface area contributed by atoms with Crippen LogP contribution in [-0.4, -0.2) is 26.2 Å². The van der Waals surface area contributed by atoms with Gasteiger partial charge >= 0.3 is 0 Å². The van der Waals surface area contributed by atoms with Gasteiger partial charge in [0, 0.05) is 29.9 Å². The monoisotopic (exact) mass is 372 g/mol. The number of imidazole rings is 1. The Hall–Kier alpha value is -2.12. The van der Waals surface area contributed by atoms with Crippen molar-refractivity contribution in [2.24, 2.45) is 0 Å². The maximum absolute atomic E-state index is 12.1. The van der Waals surface area contributed by atoms with E-state index in [1.54, 1.807) is 6.20 Å². The molecule has 3 rings (SSSR count). The zero-order valence-corrected chi connectivity index (χ0v) is 15.9. The van der Waals surface area contributed by atoms with Gasteiger partial charge in [-0.1, -0.05) is 43.0 Å². The molecule has 0 bridgehead atoms. The van der Waals surface area contributed by atoms with Crippen molar-refractivity contribution >= 4 is 34.1 Å². The topological polar surface area (TPSA) is 59.8 Å². The number of carbonyl (C=O) groups excluding carboxylic acids is 1. The number of nitrogens with one attached hydrogen (secondary N) is 1. The van der Waals surface area contributed by atoms with Crippen LogP contribution in [0.25, 0.3) is 11.3 Å². The Morgan fingerprint density at radius 2 is 2.08 bits per heavy atom. The van der Waals surface area contributed by atoms with E-state index in [-0.39, 0.29) is 5.91 Å². The second-order valence-electron chi connectivity index (χ2n) is 5.42. The molecule has 25 heavy (non-hydrogen) atoms. The molecule has 0 unspecified atom stereocenters. The van der Waals surface area contributed by atoms with E-state index in [2.05, 4.69) is 53.4 Å². The summed E-state index contributed by atoms with van der Waals surface area (Å²) in [6.07, 6.45) is 4.68. The predicted molar refractivity (Wildman–Crippen MR) is 104 cm³/mol. The van der Waals surface area contributed by atoms with Gasteiger partial charge in [-0.05, 0) is 18.9 Å². The van der Waals surface area contributed by atoms with Gasteiger partial charge in [-0.3, -0.25) is 4.79 Å². The third-order valence-electron chi connectivity index (χ3n) is 3.76. The van der Waals surface area contributed by atoms with Crippen LogP contribution in [0.5, 0.6) is 0 Å². The lowest BCUT2D eigenvalue weighted by molar-refractivity contribution is -0.113. The van der Waals surface area contributed by atoms with Gasteiger partial charge in [0.05, 0.1) is 11.4 Å². The molecule has 0 radical (unpaired) electrons. The van der Waals surface area contributed by atoms with Crippen LogP contribution in [0.2, 0.25) is 0 Å². The van der Waals surface area contributed by atoms with Crippen molar-refractivity contribution in [2.45, 2.75) is 32.0 Å². The molecular weight excluding hydrogens is 352 g/mol. The summed E-state index contributed by atoms with van der Waals surface area (Å²) < 4.78 is 2.01. The second-order valence-corrected chi connectivity index (χ2v) is 7.22. The molecule has 7 heteroatoms. The lowest BCUT2D eigenvalue weighted by Gasteiger charge is -2.04.